The van der Waals surface area contributed by atoms with Crippen LogP contribution in [0.15, 0.2) is 42.5 Å². The SMILES string of the molecule is CCNC(Cc1ccccc1C)Cc1cc(Cl)ccc1F. The minimum atomic E-state index is -0.188. The molecule has 2 aromatic rings. The van der Waals surface area contributed by atoms with E-state index in [-0.39, 0.29) is 11.9 Å². The molecule has 112 valence electrons. The minimum absolute atomic E-state index is 0.188. The molecule has 0 spiro atoms. The van der Waals surface area contributed by atoms with Crippen LogP contribution in [-0.2, 0) is 12.8 Å². The number of nitrogens with one attached hydrogen (secondary N) is 1. The first-order chi connectivity index (χ1) is 10.1. The number of halogens is 2. The molecule has 0 saturated heterocycles. The highest BCUT2D eigenvalue weighted by Crippen LogP contribution is 2.18. The third-order valence-electron chi connectivity index (χ3n) is 3.69. The average molecular weight is 306 g/mol. The molecule has 21 heavy (non-hydrogen) atoms. The molecular weight excluding hydrogens is 285 g/mol. The number of likely N-dealkylation sites (N-methyl/N-ethyl adjacent to an activating group) is 1. The van der Waals surface area contributed by atoms with Gasteiger partial charge in [0.05, 0.1) is 0 Å². The first-order valence-corrected chi connectivity index (χ1v) is 7.69. The first-order valence-electron chi connectivity index (χ1n) is 7.32. The lowest BCUT2D eigenvalue weighted by atomic mass is 9.96. The monoisotopic (exact) mass is 305 g/mol. The summed E-state index contributed by atoms with van der Waals surface area (Å²) < 4.78 is 13.9. The van der Waals surface area contributed by atoms with Crippen molar-refractivity contribution in [1.29, 1.82) is 0 Å². The zero-order valence-corrected chi connectivity index (χ0v) is 13.3. The second-order valence-electron chi connectivity index (χ2n) is 5.33. The van der Waals surface area contributed by atoms with E-state index in [2.05, 4.69) is 31.3 Å². The van der Waals surface area contributed by atoms with Gasteiger partial charge in [0.2, 0.25) is 0 Å². The number of hydrogen-bond acceptors (Lipinski definition) is 1. The lowest BCUT2D eigenvalue weighted by molar-refractivity contribution is 0.505. The van der Waals surface area contributed by atoms with Crippen molar-refractivity contribution in [3.8, 4) is 0 Å². The molecule has 0 radical (unpaired) electrons. The molecule has 0 amide bonds. The molecule has 1 atom stereocenters. The highest BCUT2D eigenvalue weighted by Gasteiger charge is 2.13. The molecule has 1 nitrogen and oxygen atoms in total. The predicted molar refractivity (Wildman–Crippen MR) is 87.5 cm³/mol. The third kappa shape index (κ3) is 4.55. The molecule has 0 aliphatic heterocycles. The average Bonchev–Trinajstić information content (AvgIpc) is 2.45. The maximum absolute atomic E-state index is 13.9. The summed E-state index contributed by atoms with van der Waals surface area (Å²) in [6.07, 6.45) is 1.51. The van der Waals surface area contributed by atoms with E-state index in [9.17, 15) is 4.39 Å². The Morgan fingerprint density at radius 2 is 1.81 bits per heavy atom. The zero-order chi connectivity index (χ0) is 15.2. The molecule has 1 N–H and O–H groups in total. The Hall–Kier alpha value is -1.38. The van der Waals surface area contributed by atoms with Crippen LogP contribution in [0.5, 0.6) is 0 Å². The zero-order valence-electron chi connectivity index (χ0n) is 12.5. The maximum atomic E-state index is 13.9. The molecule has 3 heteroatoms. The summed E-state index contributed by atoms with van der Waals surface area (Å²) in [7, 11) is 0. The second-order valence-corrected chi connectivity index (χ2v) is 5.76. The van der Waals surface area contributed by atoms with Crippen molar-refractivity contribution in [1.82, 2.24) is 5.32 Å². The van der Waals surface area contributed by atoms with Gasteiger partial charge in [-0.2, -0.15) is 0 Å². The van der Waals surface area contributed by atoms with Crippen LogP contribution in [0.4, 0.5) is 4.39 Å². The van der Waals surface area contributed by atoms with Gasteiger partial charge < -0.3 is 5.32 Å². The minimum Gasteiger partial charge on any atom is -0.314 e. The normalized spacial score (nSPS) is 12.4. The molecule has 0 fully saturated rings. The van der Waals surface area contributed by atoms with Crippen molar-refractivity contribution in [3.63, 3.8) is 0 Å². The molecule has 1 unspecified atom stereocenters. The summed E-state index contributed by atoms with van der Waals surface area (Å²) in [5.74, 6) is -0.188. The van der Waals surface area contributed by atoms with Crippen LogP contribution in [0.2, 0.25) is 5.02 Å². The summed E-state index contributed by atoms with van der Waals surface area (Å²) in [4.78, 5) is 0. The Morgan fingerprint density at radius 3 is 2.52 bits per heavy atom. The summed E-state index contributed by atoms with van der Waals surface area (Å²) in [5, 5.41) is 4.02. The quantitative estimate of drug-likeness (QED) is 0.825. The van der Waals surface area contributed by atoms with Gasteiger partial charge in [-0.05, 0) is 61.2 Å². The van der Waals surface area contributed by atoms with Gasteiger partial charge >= 0.3 is 0 Å². The smallest absolute Gasteiger partial charge is 0.126 e. The molecule has 0 aromatic heterocycles. The van der Waals surface area contributed by atoms with E-state index in [1.165, 1.54) is 17.2 Å². The molecule has 0 heterocycles. The van der Waals surface area contributed by atoms with Gasteiger partial charge in [-0.3, -0.25) is 0 Å². The molecule has 2 aromatic carbocycles. The van der Waals surface area contributed by atoms with Crippen molar-refractivity contribution in [2.45, 2.75) is 32.7 Å². The van der Waals surface area contributed by atoms with Crippen molar-refractivity contribution in [3.05, 3.63) is 70.0 Å². The fourth-order valence-corrected chi connectivity index (χ4v) is 2.77. The Balaban J connectivity index is 2.16. The summed E-state index contributed by atoms with van der Waals surface area (Å²) in [5.41, 5.74) is 3.24. The third-order valence-corrected chi connectivity index (χ3v) is 3.93. The van der Waals surface area contributed by atoms with E-state index in [0.717, 1.165) is 13.0 Å². The fraction of sp³-hybridized carbons (Fsp3) is 0.333. The molecule has 2 rings (SSSR count). The van der Waals surface area contributed by atoms with Crippen molar-refractivity contribution in [2.75, 3.05) is 6.54 Å². The van der Waals surface area contributed by atoms with Crippen molar-refractivity contribution in [2.24, 2.45) is 0 Å². The number of rotatable bonds is 6. The maximum Gasteiger partial charge on any atom is 0.126 e. The van der Waals surface area contributed by atoms with Gasteiger partial charge in [-0.25, -0.2) is 4.39 Å². The summed E-state index contributed by atoms with van der Waals surface area (Å²) in [6.45, 7) is 5.04. The molecule has 0 bridgehead atoms. The van der Waals surface area contributed by atoms with Crippen LogP contribution in [0, 0.1) is 12.7 Å². The van der Waals surface area contributed by atoms with E-state index in [1.54, 1.807) is 12.1 Å². The van der Waals surface area contributed by atoms with Crippen LogP contribution in [0.25, 0.3) is 0 Å². The molecule has 0 aliphatic carbocycles. The fourth-order valence-electron chi connectivity index (χ4n) is 2.57. The van der Waals surface area contributed by atoms with Gasteiger partial charge in [-0.1, -0.05) is 42.8 Å². The van der Waals surface area contributed by atoms with E-state index in [1.807, 2.05) is 12.1 Å². The van der Waals surface area contributed by atoms with E-state index in [0.29, 0.717) is 17.0 Å². The molecule has 0 saturated carbocycles. The predicted octanol–water partition coefficient (Wildman–Crippen LogP) is 4.55. The Kier molecular flexibility index (Phi) is 5.77. The summed E-state index contributed by atoms with van der Waals surface area (Å²) >= 11 is 5.98. The standard InChI is InChI=1S/C18H21ClFN/c1-3-21-17(11-14-7-5-4-6-13(14)2)12-15-10-16(19)8-9-18(15)20/h4-10,17,21H,3,11-12H2,1-2H3. The lowest BCUT2D eigenvalue weighted by Crippen LogP contribution is -2.33. The topological polar surface area (TPSA) is 12.0 Å². The van der Waals surface area contributed by atoms with Crippen LogP contribution in [0.1, 0.15) is 23.6 Å². The van der Waals surface area contributed by atoms with E-state index >= 15 is 0 Å². The van der Waals surface area contributed by atoms with Gasteiger partial charge in [0.25, 0.3) is 0 Å². The number of hydrogen-bond donors (Lipinski definition) is 1. The second kappa shape index (κ2) is 7.58. The van der Waals surface area contributed by atoms with Crippen LogP contribution in [-0.4, -0.2) is 12.6 Å². The van der Waals surface area contributed by atoms with Crippen molar-refractivity contribution >= 4 is 11.6 Å². The lowest BCUT2D eigenvalue weighted by Gasteiger charge is -2.19. The Morgan fingerprint density at radius 1 is 1.10 bits per heavy atom. The van der Waals surface area contributed by atoms with Crippen LogP contribution >= 0.6 is 11.6 Å². The van der Waals surface area contributed by atoms with E-state index < -0.39 is 0 Å². The van der Waals surface area contributed by atoms with Crippen LogP contribution < -0.4 is 5.32 Å². The van der Waals surface area contributed by atoms with Crippen LogP contribution in [0.3, 0.4) is 0 Å². The molecule has 0 aliphatic rings. The summed E-state index contributed by atoms with van der Waals surface area (Å²) in [6, 6.07) is 13.3. The molecular formula is C18H21ClFN. The first kappa shape index (κ1) is 16.0. The van der Waals surface area contributed by atoms with Gasteiger partial charge in [0, 0.05) is 11.1 Å². The van der Waals surface area contributed by atoms with Crippen molar-refractivity contribution < 1.29 is 4.39 Å². The number of aryl methyl sites for hydroxylation is 1. The van der Waals surface area contributed by atoms with E-state index in [4.69, 9.17) is 11.6 Å². The van der Waals surface area contributed by atoms with Gasteiger partial charge in [0.1, 0.15) is 5.82 Å². The number of benzene rings is 2. The Bertz CT molecular complexity index is 598. The van der Waals surface area contributed by atoms with Gasteiger partial charge in [-0.15, -0.1) is 0 Å². The van der Waals surface area contributed by atoms with Gasteiger partial charge in [0.15, 0.2) is 0 Å². The highest BCUT2D eigenvalue weighted by molar-refractivity contribution is 6.30. The highest BCUT2D eigenvalue weighted by atomic mass is 35.5. The largest absolute Gasteiger partial charge is 0.314 e. The Labute approximate surface area is 131 Å².